The third-order valence-electron chi connectivity index (χ3n) is 3.69. The summed E-state index contributed by atoms with van der Waals surface area (Å²) in [5.41, 5.74) is 7.17. The van der Waals surface area contributed by atoms with Crippen molar-refractivity contribution in [3.8, 4) is 0 Å². The van der Waals surface area contributed by atoms with Gasteiger partial charge in [0.15, 0.2) is 0 Å². The molecule has 0 unspecified atom stereocenters. The van der Waals surface area contributed by atoms with E-state index in [0.717, 1.165) is 11.1 Å². The van der Waals surface area contributed by atoms with Crippen molar-refractivity contribution in [2.75, 3.05) is 25.5 Å². The van der Waals surface area contributed by atoms with Crippen LogP contribution >= 0.6 is 11.6 Å². The molecule has 8 nitrogen and oxygen atoms in total. The molecule has 0 saturated carbocycles. The zero-order chi connectivity index (χ0) is 19.6. The Hall–Kier alpha value is -2.84. The number of benzene rings is 1. The molecule has 0 aliphatic carbocycles. The molecular formula is C18H22ClN5O3. The lowest BCUT2D eigenvalue weighted by atomic mass is 10.2. The van der Waals surface area contributed by atoms with E-state index in [2.05, 4.69) is 15.6 Å². The van der Waals surface area contributed by atoms with E-state index in [4.69, 9.17) is 22.1 Å². The zero-order valence-electron chi connectivity index (χ0n) is 14.9. The van der Waals surface area contributed by atoms with Gasteiger partial charge in [-0.3, -0.25) is 5.32 Å². The fraction of sp³-hybridized carbons (Fsp3) is 0.278. The highest BCUT2D eigenvalue weighted by molar-refractivity contribution is 6.31. The van der Waals surface area contributed by atoms with Crippen molar-refractivity contribution >= 4 is 29.5 Å². The Morgan fingerprint density at radius 2 is 2.04 bits per heavy atom. The number of likely N-dealkylation sites (N-methyl/N-ethyl adjacent to an activating group) is 1. The maximum absolute atomic E-state index is 12.1. The van der Waals surface area contributed by atoms with Gasteiger partial charge in [-0.05, 0) is 23.3 Å². The molecule has 1 aromatic heterocycles. The van der Waals surface area contributed by atoms with E-state index < -0.39 is 6.09 Å². The number of nitrogens with one attached hydrogen (secondary N) is 2. The molecule has 4 N–H and O–H groups in total. The summed E-state index contributed by atoms with van der Waals surface area (Å²) in [4.78, 5) is 29.2. The lowest BCUT2D eigenvalue weighted by Gasteiger charge is -2.18. The second kappa shape index (κ2) is 10.3. The van der Waals surface area contributed by atoms with Crippen LogP contribution < -0.4 is 16.4 Å². The first kappa shape index (κ1) is 20.5. The number of hydrogen-bond acceptors (Lipinski definition) is 5. The van der Waals surface area contributed by atoms with E-state index in [1.165, 1.54) is 4.90 Å². The monoisotopic (exact) mass is 391 g/mol. The predicted molar refractivity (Wildman–Crippen MR) is 103 cm³/mol. The molecular weight excluding hydrogens is 370 g/mol. The van der Waals surface area contributed by atoms with Crippen LogP contribution in [0.4, 0.5) is 15.4 Å². The maximum atomic E-state index is 12.1. The molecule has 1 aromatic carbocycles. The first-order valence-electron chi connectivity index (χ1n) is 8.30. The second-order valence-corrected chi connectivity index (χ2v) is 6.10. The molecule has 0 bridgehead atoms. The Bertz CT molecular complexity index is 770. The van der Waals surface area contributed by atoms with Gasteiger partial charge in [0.1, 0.15) is 12.4 Å². The van der Waals surface area contributed by atoms with E-state index in [0.29, 0.717) is 23.9 Å². The van der Waals surface area contributed by atoms with Gasteiger partial charge in [-0.2, -0.15) is 0 Å². The first-order valence-corrected chi connectivity index (χ1v) is 8.68. The van der Waals surface area contributed by atoms with Crippen LogP contribution in [0.2, 0.25) is 5.02 Å². The first-order chi connectivity index (χ1) is 13.0. The molecule has 9 heteroatoms. The fourth-order valence-electron chi connectivity index (χ4n) is 2.08. The van der Waals surface area contributed by atoms with Crippen molar-refractivity contribution < 1.29 is 14.3 Å². The molecule has 3 amide bonds. The molecule has 1 heterocycles. The zero-order valence-corrected chi connectivity index (χ0v) is 15.7. The van der Waals surface area contributed by atoms with E-state index in [-0.39, 0.29) is 19.2 Å². The van der Waals surface area contributed by atoms with E-state index in [1.54, 1.807) is 31.4 Å². The molecule has 0 spiro atoms. The van der Waals surface area contributed by atoms with E-state index in [1.807, 2.05) is 18.2 Å². The average molecular weight is 392 g/mol. The summed E-state index contributed by atoms with van der Waals surface area (Å²) in [6, 6.07) is 10.4. The van der Waals surface area contributed by atoms with Gasteiger partial charge in [0.05, 0.1) is 6.54 Å². The average Bonchev–Trinajstić information content (AvgIpc) is 2.67. The maximum Gasteiger partial charge on any atom is 0.412 e. The summed E-state index contributed by atoms with van der Waals surface area (Å²) in [5, 5.41) is 5.85. The number of urea groups is 1. The van der Waals surface area contributed by atoms with Crippen LogP contribution in [0.3, 0.4) is 0 Å². The van der Waals surface area contributed by atoms with Gasteiger partial charge < -0.3 is 20.7 Å². The summed E-state index contributed by atoms with van der Waals surface area (Å²) < 4.78 is 5.05. The third kappa shape index (κ3) is 6.76. The van der Waals surface area contributed by atoms with Gasteiger partial charge in [-0.15, -0.1) is 0 Å². The van der Waals surface area contributed by atoms with Crippen LogP contribution in [0.15, 0.2) is 42.6 Å². The summed E-state index contributed by atoms with van der Waals surface area (Å²) in [5.74, 6) is 0.364. The highest BCUT2D eigenvalue weighted by Gasteiger charge is 2.10. The molecule has 144 valence electrons. The van der Waals surface area contributed by atoms with Crippen LogP contribution in [0, 0.1) is 0 Å². The van der Waals surface area contributed by atoms with Crippen molar-refractivity contribution in [3.63, 3.8) is 0 Å². The smallest absolute Gasteiger partial charge is 0.412 e. The lowest BCUT2D eigenvalue weighted by Crippen LogP contribution is -2.39. The third-order valence-corrected chi connectivity index (χ3v) is 4.05. The number of nitrogens with two attached hydrogens (primary N) is 1. The Kier molecular flexibility index (Phi) is 7.84. The number of anilines is 1. The van der Waals surface area contributed by atoms with Crippen LogP contribution in [0.1, 0.15) is 11.1 Å². The SMILES string of the molecule is CN(CCOC(=O)Nc1ccc(CN)cn1)C(=O)NCc1ccccc1Cl. The molecule has 2 rings (SSSR count). The molecule has 0 atom stereocenters. The van der Waals surface area contributed by atoms with Gasteiger partial charge in [0, 0.05) is 31.4 Å². The van der Waals surface area contributed by atoms with Crippen molar-refractivity contribution in [2.45, 2.75) is 13.1 Å². The number of nitrogens with zero attached hydrogens (tertiary/aromatic N) is 2. The van der Waals surface area contributed by atoms with E-state index in [9.17, 15) is 9.59 Å². The minimum atomic E-state index is -0.645. The minimum absolute atomic E-state index is 0.0444. The number of carbonyl (C=O) groups excluding carboxylic acids is 2. The largest absolute Gasteiger partial charge is 0.447 e. The number of hydrogen-bond donors (Lipinski definition) is 3. The topological polar surface area (TPSA) is 110 Å². The second-order valence-electron chi connectivity index (χ2n) is 5.69. The van der Waals surface area contributed by atoms with Gasteiger partial charge in [0.2, 0.25) is 0 Å². The number of rotatable bonds is 7. The summed E-state index contributed by atoms with van der Waals surface area (Å²) in [6.07, 6.45) is 0.931. The fourth-order valence-corrected chi connectivity index (χ4v) is 2.29. The normalized spacial score (nSPS) is 10.2. The molecule has 2 aromatic rings. The summed E-state index contributed by atoms with van der Waals surface area (Å²) in [7, 11) is 1.61. The molecule has 0 saturated heterocycles. The van der Waals surface area contributed by atoms with Crippen molar-refractivity contribution in [2.24, 2.45) is 5.73 Å². The van der Waals surface area contributed by atoms with Crippen molar-refractivity contribution in [1.29, 1.82) is 0 Å². The Morgan fingerprint density at radius 3 is 2.70 bits per heavy atom. The molecule has 0 aliphatic heterocycles. The van der Waals surface area contributed by atoms with Crippen LogP contribution in [-0.2, 0) is 17.8 Å². The number of halogens is 1. The Morgan fingerprint density at radius 1 is 1.26 bits per heavy atom. The van der Waals surface area contributed by atoms with Crippen LogP contribution in [0.25, 0.3) is 0 Å². The van der Waals surface area contributed by atoms with E-state index >= 15 is 0 Å². The Balaban J connectivity index is 1.68. The number of pyridine rings is 1. The molecule has 0 fully saturated rings. The standard InChI is InChI=1S/C18H22ClN5O3/c1-24(17(25)22-12-14-4-2-3-5-15(14)19)8-9-27-18(26)23-16-7-6-13(10-20)11-21-16/h2-7,11H,8-10,12,20H2,1H3,(H,22,25)(H,21,23,26). The lowest BCUT2D eigenvalue weighted by molar-refractivity contribution is 0.146. The molecule has 0 radical (unpaired) electrons. The minimum Gasteiger partial charge on any atom is -0.447 e. The van der Waals surface area contributed by atoms with Crippen molar-refractivity contribution in [3.05, 3.63) is 58.7 Å². The van der Waals surface area contributed by atoms with Crippen LogP contribution in [0.5, 0.6) is 0 Å². The Labute approximate surface area is 162 Å². The molecule has 0 aliphatic rings. The quantitative estimate of drug-likeness (QED) is 0.672. The highest BCUT2D eigenvalue weighted by atomic mass is 35.5. The van der Waals surface area contributed by atoms with Gasteiger partial charge in [0.25, 0.3) is 0 Å². The van der Waals surface area contributed by atoms with Gasteiger partial charge in [-0.25, -0.2) is 14.6 Å². The summed E-state index contributed by atoms with van der Waals surface area (Å²) >= 11 is 6.05. The predicted octanol–water partition coefficient (Wildman–Crippen LogP) is 2.58. The highest BCUT2D eigenvalue weighted by Crippen LogP contribution is 2.14. The molecule has 27 heavy (non-hydrogen) atoms. The number of aromatic nitrogens is 1. The van der Waals surface area contributed by atoms with Gasteiger partial charge in [-0.1, -0.05) is 35.9 Å². The number of carbonyl (C=O) groups is 2. The van der Waals surface area contributed by atoms with Crippen LogP contribution in [-0.4, -0.2) is 42.2 Å². The number of amides is 3. The van der Waals surface area contributed by atoms with Crippen molar-refractivity contribution in [1.82, 2.24) is 15.2 Å². The van der Waals surface area contributed by atoms with Gasteiger partial charge >= 0.3 is 12.1 Å². The number of ether oxygens (including phenoxy) is 1. The summed E-state index contributed by atoms with van der Waals surface area (Å²) in [6.45, 7) is 0.974.